The number of aryl methyl sites for hydroxylation is 1. The number of anilines is 1. The first-order valence-electron chi connectivity index (χ1n) is 6.83. The number of nitrogens with zero attached hydrogens (tertiary/aromatic N) is 3. The molecule has 1 aliphatic heterocycles. The summed E-state index contributed by atoms with van der Waals surface area (Å²) in [4.78, 5) is 11.6. The first-order chi connectivity index (χ1) is 8.51. The molecular weight excluding hydrogens is 224 g/mol. The Balaban J connectivity index is 2.28. The van der Waals surface area contributed by atoms with Crippen molar-refractivity contribution in [2.24, 2.45) is 11.7 Å². The predicted molar refractivity (Wildman–Crippen MR) is 74.8 cm³/mol. The molecule has 1 saturated heterocycles. The molecule has 2 unspecified atom stereocenters. The fourth-order valence-corrected chi connectivity index (χ4v) is 2.59. The van der Waals surface area contributed by atoms with Crippen LogP contribution in [-0.2, 0) is 0 Å². The van der Waals surface area contributed by atoms with Crippen molar-refractivity contribution in [2.75, 3.05) is 18.0 Å². The SMILES string of the molecule is Cc1cc(C(C)C)nc(N2CC(CN)CC2C)n1. The summed E-state index contributed by atoms with van der Waals surface area (Å²) in [7, 11) is 0. The first kappa shape index (κ1) is 13.3. The Morgan fingerprint density at radius 1 is 1.44 bits per heavy atom. The Kier molecular flexibility index (Phi) is 3.85. The maximum atomic E-state index is 5.78. The third-order valence-electron chi connectivity index (χ3n) is 3.71. The van der Waals surface area contributed by atoms with Gasteiger partial charge >= 0.3 is 0 Å². The summed E-state index contributed by atoms with van der Waals surface area (Å²) in [6, 6.07) is 2.57. The van der Waals surface area contributed by atoms with Crippen molar-refractivity contribution in [1.29, 1.82) is 0 Å². The molecule has 18 heavy (non-hydrogen) atoms. The van der Waals surface area contributed by atoms with E-state index < -0.39 is 0 Å². The quantitative estimate of drug-likeness (QED) is 0.890. The average Bonchev–Trinajstić information content (AvgIpc) is 2.69. The summed E-state index contributed by atoms with van der Waals surface area (Å²) in [6.07, 6.45) is 1.14. The van der Waals surface area contributed by atoms with Crippen LogP contribution in [-0.4, -0.2) is 29.1 Å². The van der Waals surface area contributed by atoms with Gasteiger partial charge < -0.3 is 10.6 Å². The molecule has 0 spiro atoms. The van der Waals surface area contributed by atoms with E-state index in [1.165, 1.54) is 0 Å². The summed E-state index contributed by atoms with van der Waals surface area (Å²) >= 11 is 0. The van der Waals surface area contributed by atoms with Gasteiger partial charge in [-0.1, -0.05) is 13.8 Å². The zero-order valence-electron chi connectivity index (χ0n) is 11.8. The lowest BCUT2D eigenvalue weighted by Crippen LogP contribution is -2.29. The lowest BCUT2D eigenvalue weighted by atomic mass is 10.1. The summed E-state index contributed by atoms with van der Waals surface area (Å²) in [5.41, 5.74) is 7.95. The fraction of sp³-hybridized carbons (Fsp3) is 0.714. The summed E-state index contributed by atoms with van der Waals surface area (Å²) in [5.74, 6) is 1.89. The average molecular weight is 248 g/mol. The van der Waals surface area contributed by atoms with Gasteiger partial charge in [0.1, 0.15) is 0 Å². The fourth-order valence-electron chi connectivity index (χ4n) is 2.59. The van der Waals surface area contributed by atoms with Gasteiger partial charge in [0.15, 0.2) is 0 Å². The monoisotopic (exact) mass is 248 g/mol. The van der Waals surface area contributed by atoms with Crippen molar-refractivity contribution in [1.82, 2.24) is 9.97 Å². The summed E-state index contributed by atoms with van der Waals surface area (Å²) < 4.78 is 0. The Hall–Kier alpha value is -1.16. The summed E-state index contributed by atoms with van der Waals surface area (Å²) in [5, 5.41) is 0. The second kappa shape index (κ2) is 5.22. The molecule has 4 nitrogen and oxygen atoms in total. The van der Waals surface area contributed by atoms with Gasteiger partial charge in [-0.2, -0.15) is 0 Å². The van der Waals surface area contributed by atoms with Crippen LogP contribution in [0.5, 0.6) is 0 Å². The van der Waals surface area contributed by atoms with Crippen molar-refractivity contribution in [2.45, 2.75) is 46.1 Å². The molecule has 4 heteroatoms. The van der Waals surface area contributed by atoms with Gasteiger partial charge in [0, 0.05) is 24.0 Å². The van der Waals surface area contributed by atoms with Crippen LogP contribution in [0.4, 0.5) is 5.95 Å². The van der Waals surface area contributed by atoms with E-state index in [1.54, 1.807) is 0 Å². The lowest BCUT2D eigenvalue weighted by Gasteiger charge is -2.22. The molecule has 0 bridgehead atoms. The van der Waals surface area contributed by atoms with Gasteiger partial charge in [-0.05, 0) is 44.7 Å². The Morgan fingerprint density at radius 3 is 2.72 bits per heavy atom. The van der Waals surface area contributed by atoms with E-state index in [4.69, 9.17) is 10.7 Å². The highest BCUT2D eigenvalue weighted by Gasteiger charge is 2.30. The van der Waals surface area contributed by atoms with E-state index in [-0.39, 0.29) is 0 Å². The van der Waals surface area contributed by atoms with E-state index in [1.807, 2.05) is 6.92 Å². The van der Waals surface area contributed by atoms with Crippen molar-refractivity contribution in [3.05, 3.63) is 17.5 Å². The highest BCUT2D eigenvalue weighted by molar-refractivity contribution is 5.36. The second-order valence-electron chi connectivity index (χ2n) is 5.73. The molecule has 0 aromatic carbocycles. The van der Waals surface area contributed by atoms with Crippen LogP contribution >= 0.6 is 0 Å². The Morgan fingerprint density at radius 2 is 2.17 bits per heavy atom. The van der Waals surface area contributed by atoms with Crippen LogP contribution in [0.15, 0.2) is 6.07 Å². The second-order valence-corrected chi connectivity index (χ2v) is 5.73. The van der Waals surface area contributed by atoms with Crippen LogP contribution in [0, 0.1) is 12.8 Å². The minimum Gasteiger partial charge on any atom is -0.338 e. The normalized spacial score (nSPS) is 24.0. The maximum Gasteiger partial charge on any atom is 0.226 e. The maximum absolute atomic E-state index is 5.78. The number of aromatic nitrogens is 2. The van der Waals surface area contributed by atoms with E-state index in [0.29, 0.717) is 17.9 Å². The third kappa shape index (κ3) is 2.64. The minimum atomic E-state index is 0.439. The van der Waals surface area contributed by atoms with Gasteiger partial charge in [-0.15, -0.1) is 0 Å². The Labute approximate surface area is 110 Å². The van der Waals surface area contributed by atoms with Crippen LogP contribution in [0.2, 0.25) is 0 Å². The molecule has 0 saturated carbocycles. The van der Waals surface area contributed by atoms with Crippen molar-refractivity contribution in [3.63, 3.8) is 0 Å². The van der Waals surface area contributed by atoms with Crippen LogP contribution in [0.25, 0.3) is 0 Å². The molecule has 1 aromatic rings. The van der Waals surface area contributed by atoms with Crippen LogP contribution in [0.1, 0.15) is 44.5 Å². The van der Waals surface area contributed by atoms with Gasteiger partial charge in [0.05, 0.1) is 0 Å². The van der Waals surface area contributed by atoms with Crippen molar-refractivity contribution >= 4 is 5.95 Å². The minimum absolute atomic E-state index is 0.439. The lowest BCUT2D eigenvalue weighted by molar-refractivity contribution is 0.579. The standard InChI is InChI=1S/C14H24N4/c1-9(2)13-5-10(3)16-14(17-13)18-8-12(7-15)6-11(18)4/h5,9,11-12H,6-8,15H2,1-4H3. The van der Waals surface area contributed by atoms with E-state index in [0.717, 1.165) is 36.8 Å². The molecule has 100 valence electrons. The van der Waals surface area contributed by atoms with Crippen LogP contribution < -0.4 is 10.6 Å². The van der Waals surface area contributed by atoms with Gasteiger partial charge in [-0.3, -0.25) is 0 Å². The molecule has 0 amide bonds. The van der Waals surface area contributed by atoms with Gasteiger partial charge in [-0.25, -0.2) is 9.97 Å². The van der Waals surface area contributed by atoms with Gasteiger partial charge in [0.2, 0.25) is 5.95 Å². The highest BCUT2D eigenvalue weighted by atomic mass is 15.3. The number of hydrogen-bond donors (Lipinski definition) is 1. The van der Waals surface area contributed by atoms with E-state index in [9.17, 15) is 0 Å². The molecule has 1 aromatic heterocycles. The zero-order chi connectivity index (χ0) is 13.3. The van der Waals surface area contributed by atoms with E-state index in [2.05, 4.69) is 36.7 Å². The largest absolute Gasteiger partial charge is 0.338 e. The molecule has 0 radical (unpaired) electrons. The molecular formula is C14H24N4. The molecule has 2 atom stereocenters. The predicted octanol–water partition coefficient (Wildman–Crippen LogP) is 2.08. The highest BCUT2D eigenvalue weighted by Crippen LogP contribution is 2.27. The molecule has 0 aliphatic carbocycles. The number of hydrogen-bond acceptors (Lipinski definition) is 4. The number of rotatable bonds is 3. The topological polar surface area (TPSA) is 55.0 Å². The van der Waals surface area contributed by atoms with Crippen molar-refractivity contribution in [3.8, 4) is 0 Å². The zero-order valence-corrected chi connectivity index (χ0v) is 11.8. The van der Waals surface area contributed by atoms with E-state index >= 15 is 0 Å². The van der Waals surface area contributed by atoms with Crippen LogP contribution in [0.3, 0.4) is 0 Å². The Bertz CT molecular complexity index is 416. The first-order valence-corrected chi connectivity index (χ1v) is 6.83. The number of nitrogens with two attached hydrogens (primary N) is 1. The van der Waals surface area contributed by atoms with Gasteiger partial charge in [0.25, 0.3) is 0 Å². The molecule has 2 heterocycles. The molecule has 1 fully saturated rings. The van der Waals surface area contributed by atoms with Crippen molar-refractivity contribution < 1.29 is 0 Å². The smallest absolute Gasteiger partial charge is 0.226 e. The third-order valence-corrected chi connectivity index (χ3v) is 3.71. The molecule has 2 N–H and O–H groups in total. The summed E-state index contributed by atoms with van der Waals surface area (Å²) in [6.45, 7) is 10.3. The molecule has 2 rings (SSSR count). The molecule has 1 aliphatic rings.